The number of hydrogen-bond donors (Lipinski definition) is 2. The molecule has 8 heteroatoms. The standard InChI is InChI=1S/C21H18N2O.H2O4S/c1-2-8-20(9-3-1)24-21(15-23-13-12-22-16-23)19-11-10-17-6-4-5-7-18(17)14-19;1-5(2,3)4/h1-14,16,21H,15H2;(H2,1,2,3,4). The lowest BCUT2D eigenvalue weighted by Crippen LogP contribution is -2.14. The van der Waals surface area contributed by atoms with Gasteiger partial charge in [0.15, 0.2) is 0 Å². The first kappa shape index (κ1) is 20.5. The number of rotatable bonds is 5. The number of fused-ring (bicyclic) bond motifs is 1. The topological polar surface area (TPSA) is 102 Å². The molecule has 4 aromatic rings. The summed E-state index contributed by atoms with van der Waals surface area (Å²) in [5.74, 6) is 0.871. The van der Waals surface area contributed by atoms with E-state index in [9.17, 15) is 0 Å². The van der Waals surface area contributed by atoms with Crippen LogP contribution in [0.1, 0.15) is 11.7 Å². The van der Waals surface area contributed by atoms with Crippen molar-refractivity contribution in [2.45, 2.75) is 12.6 Å². The molecule has 0 saturated carbocycles. The van der Waals surface area contributed by atoms with Gasteiger partial charge in [0, 0.05) is 12.4 Å². The monoisotopic (exact) mass is 412 g/mol. The maximum Gasteiger partial charge on any atom is 0.394 e. The van der Waals surface area contributed by atoms with Crippen LogP contribution in [0.2, 0.25) is 0 Å². The molecule has 29 heavy (non-hydrogen) atoms. The molecule has 4 rings (SSSR count). The van der Waals surface area contributed by atoms with Gasteiger partial charge in [0.05, 0.1) is 12.9 Å². The summed E-state index contributed by atoms with van der Waals surface area (Å²) >= 11 is 0. The maximum absolute atomic E-state index is 8.74. The van der Waals surface area contributed by atoms with Crippen LogP contribution in [-0.2, 0) is 16.9 Å². The van der Waals surface area contributed by atoms with Crippen LogP contribution >= 0.6 is 0 Å². The third-order valence-corrected chi connectivity index (χ3v) is 4.10. The minimum Gasteiger partial charge on any atom is -0.484 e. The van der Waals surface area contributed by atoms with Gasteiger partial charge in [-0.1, -0.05) is 54.6 Å². The van der Waals surface area contributed by atoms with E-state index in [1.54, 1.807) is 6.20 Å². The molecule has 7 nitrogen and oxygen atoms in total. The van der Waals surface area contributed by atoms with Gasteiger partial charge in [0.1, 0.15) is 11.9 Å². The van der Waals surface area contributed by atoms with Gasteiger partial charge in [0.2, 0.25) is 0 Å². The third-order valence-electron chi connectivity index (χ3n) is 4.10. The second-order valence-corrected chi connectivity index (χ2v) is 7.13. The van der Waals surface area contributed by atoms with Crippen molar-refractivity contribution in [2.75, 3.05) is 0 Å². The predicted molar refractivity (Wildman–Crippen MR) is 110 cm³/mol. The highest BCUT2D eigenvalue weighted by atomic mass is 32.3. The molecular weight excluding hydrogens is 392 g/mol. The fourth-order valence-corrected chi connectivity index (χ4v) is 2.87. The van der Waals surface area contributed by atoms with Crippen molar-refractivity contribution in [1.29, 1.82) is 0 Å². The van der Waals surface area contributed by atoms with Gasteiger partial charge >= 0.3 is 10.4 Å². The van der Waals surface area contributed by atoms with E-state index >= 15 is 0 Å². The van der Waals surface area contributed by atoms with Gasteiger partial charge < -0.3 is 9.30 Å². The van der Waals surface area contributed by atoms with E-state index in [0.29, 0.717) is 6.54 Å². The van der Waals surface area contributed by atoms with Crippen LogP contribution in [0, 0.1) is 0 Å². The molecule has 0 bridgehead atoms. The average Bonchev–Trinajstić information content (AvgIpc) is 3.20. The Kier molecular flexibility index (Phi) is 6.61. The van der Waals surface area contributed by atoms with Gasteiger partial charge in [-0.05, 0) is 34.5 Å². The van der Waals surface area contributed by atoms with Gasteiger partial charge in [-0.15, -0.1) is 0 Å². The average molecular weight is 412 g/mol. The number of imidazole rings is 1. The molecule has 0 radical (unpaired) electrons. The minimum atomic E-state index is -4.67. The van der Waals surface area contributed by atoms with Crippen LogP contribution < -0.4 is 4.74 Å². The number of aromatic nitrogens is 2. The molecule has 0 aliphatic rings. The van der Waals surface area contributed by atoms with Gasteiger partial charge in [0.25, 0.3) is 0 Å². The summed E-state index contributed by atoms with van der Waals surface area (Å²) in [5.41, 5.74) is 1.16. The van der Waals surface area contributed by atoms with Crippen molar-refractivity contribution >= 4 is 21.2 Å². The minimum absolute atomic E-state index is 0.0776. The largest absolute Gasteiger partial charge is 0.484 e. The number of benzene rings is 3. The first-order valence-electron chi connectivity index (χ1n) is 8.74. The molecule has 0 saturated heterocycles. The Morgan fingerprint density at radius 1 is 0.931 bits per heavy atom. The second-order valence-electron chi connectivity index (χ2n) is 6.23. The van der Waals surface area contributed by atoms with E-state index in [0.717, 1.165) is 11.3 Å². The first-order chi connectivity index (χ1) is 13.9. The fourth-order valence-electron chi connectivity index (χ4n) is 2.87. The van der Waals surface area contributed by atoms with Gasteiger partial charge in [-0.25, -0.2) is 4.98 Å². The van der Waals surface area contributed by atoms with Crippen LogP contribution in [0.4, 0.5) is 0 Å². The van der Waals surface area contributed by atoms with E-state index in [1.807, 2.05) is 47.4 Å². The lowest BCUT2D eigenvalue weighted by molar-refractivity contribution is 0.183. The van der Waals surface area contributed by atoms with E-state index in [4.69, 9.17) is 22.3 Å². The number of nitrogens with zero attached hydrogens (tertiary/aromatic N) is 2. The SMILES string of the molecule is O=S(=O)(O)O.c1ccc(OC(Cn2ccnc2)c2ccc3ccccc3c2)cc1. The highest BCUT2D eigenvalue weighted by Gasteiger charge is 2.15. The predicted octanol–water partition coefficient (Wildman–Crippen LogP) is 4.20. The van der Waals surface area contributed by atoms with Gasteiger partial charge in [-0.3, -0.25) is 9.11 Å². The van der Waals surface area contributed by atoms with Crippen molar-refractivity contribution in [2.24, 2.45) is 0 Å². The zero-order chi connectivity index (χ0) is 20.7. The molecule has 0 spiro atoms. The summed E-state index contributed by atoms with van der Waals surface area (Å²) in [4.78, 5) is 4.13. The van der Waals surface area contributed by atoms with E-state index < -0.39 is 10.4 Å². The van der Waals surface area contributed by atoms with Crippen LogP contribution in [0.25, 0.3) is 10.8 Å². The molecule has 2 N–H and O–H groups in total. The van der Waals surface area contributed by atoms with Crippen molar-refractivity contribution in [3.05, 3.63) is 97.1 Å². The van der Waals surface area contributed by atoms with Crippen molar-refractivity contribution < 1.29 is 22.3 Å². The van der Waals surface area contributed by atoms with E-state index in [2.05, 4.69) is 47.4 Å². The van der Waals surface area contributed by atoms with Crippen LogP contribution in [0.3, 0.4) is 0 Å². The Hall–Kier alpha value is -3.20. The summed E-state index contributed by atoms with van der Waals surface area (Å²) < 4.78 is 39.9. The normalized spacial score (nSPS) is 12.1. The molecule has 3 aromatic carbocycles. The molecule has 150 valence electrons. The zero-order valence-electron chi connectivity index (χ0n) is 15.4. The molecule has 0 aliphatic carbocycles. The summed E-state index contributed by atoms with van der Waals surface area (Å²) in [6.07, 6.45) is 5.50. The fraction of sp³-hybridized carbons (Fsp3) is 0.0952. The Morgan fingerprint density at radius 2 is 1.59 bits per heavy atom. The Labute approximate surface area is 168 Å². The van der Waals surface area contributed by atoms with Gasteiger partial charge in [-0.2, -0.15) is 8.42 Å². The summed E-state index contributed by atoms with van der Waals surface area (Å²) in [6.45, 7) is 0.716. The molecule has 1 aromatic heterocycles. The van der Waals surface area contributed by atoms with Crippen molar-refractivity contribution in [1.82, 2.24) is 9.55 Å². The molecule has 1 unspecified atom stereocenters. The highest BCUT2D eigenvalue weighted by Crippen LogP contribution is 2.26. The van der Waals surface area contributed by atoms with Crippen molar-refractivity contribution in [3.63, 3.8) is 0 Å². The maximum atomic E-state index is 8.74. The molecule has 0 aliphatic heterocycles. The Balaban J connectivity index is 0.000000431. The van der Waals surface area contributed by atoms with Crippen LogP contribution in [0.15, 0.2) is 91.5 Å². The quantitative estimate of drug-likeness (QED) is 0.476. The third kappa shape index (κ3) is 6.72. The zero-order valence-corrected chi connectivity index (χ0v) is 16.2. The Morgan fingerprint density at radius 3 is 2.24 bits per heavy atom. The summed E-state index contributed by atoms with van der Waals surface area (Å²) in [5, 5.41) is 2.46. The summed E-state index contributed by atoms with van der Waals surface area (Å²) in [6, 6.07) is 24.8. The lowest BCUT2D eigenvalue weighted by Gasteiger charge is -2.20. The molecule has 0 amide bonds. The number of ether oxygens (including phenoxy) is 1. The second kappa shape index (κ2) is 9.33. The van der Waals surface area contributed by atoms with Crippen LogP contribution in [-0.4, -0.2) is 27.1 Å². The van der Waals surface area contributed by atoms with E-state index in [-0.39, 0.29) is 6.10 Å². The van der Waals surface area contributed by atoms with Crippen molar-refractivity contribution in [3.8, 4) is 5.75 Å². The highest BCUT2D eigenvalue weighted by molar-refractivity contribution is 7.79. The Bertz CT molecular complexity index is 1140. The number of para-hydroxylation sites is 1. The summed E-state index contributed by atoms with van der Waals surface area (Å²) in [7, 11) is -4.67. The first-order valence-corrected chi connectivity index (χ1v) is 10.1. The molecule has 0 fully saturated rings. The molecule has 1 heterocycles. The van der Waals surface area contributed by atoms with Crippen LogP contribution in [0.5, 0.6) is 5.75 Å². The lowest BCUT2D eigenvalue weighted by atomic mass is 10.0. The smallest absolute Gasteiger partial charge is 0.394 e. The van der Waals surface area contributed by atoms with E-state index in [1.165, 1.54) is 10.8 Å². The molecular formula is C21H20N2O5S. The number of hydrogen-bond acceptors (Lipinski definition) is 4. The molecule has 1 atom stereocenters.